The summed E-state index contributed by atoms with van der Waals surface area (Å²) < 4.78 is 26.9. The Morgan fingerprint density at radius 3 is 2.88 bits per heavy atom. The number of hydrogen-bond donors (Lipinski definition) is 2. The Balaban J connectivity index is 2.08. The topological polar surface area (TPSA) is 84.5 Å². The maximum atomic E-state index is 11.5. The Hall–Kier alpha value is -0.660. The highest BCUT2D eigenvalue weighted by atomic mass is 32.2. The molecule has 1 aliphatic heterocycles. The number of ether oxygens (including phenoxy) is 1. The molecule has 6 nitrogen and oxygen atoms in total. The molecular weight excluding hydrogens is 244 g/mol. The van der Waals surface area contributed by atoms with Crippen molar-refractivity contribution in [1.29, 1.82) is 0 Å². The fraction of sp³-hybridized carbons (Fsp3) is 0.900. The standard InChI is InChI=1S/C10H20N2O4S/c1-17(14,15)6-2-3-12-10(13)7-9-8-16-5-4-11-9/h9,11H,2-8H2,1H3,(H,12,13). The lowest BCUT2D eigenvalue weighted by Crippen LogP contribution is -2.44. The van der Waals surface area contributed by atoms with Gasteiger partial charge < -0.3 is 15.4 Å². The van der Waals surface area contributed by atoms with Crippen molar-refractivity contribution in [3.63, 3.8) is 0 Å². The fourth-order valence-corrected chi connectivity index (χ4v) is 2.28. The third-order valence-corrected chi connectivity index (χ3v) is 3.47. The van der Waals surface area contributed by atoms with Gasteiger partial charge in [0, 0.05) is 31.8 Å². The second-order valence-electron chi connectivity index (χ2n) is 4.26. The van der Waals surface area contributed by atoms with Crippen molar-refractivity contribution < 1.29 is 17.9 Å². The summed E-state index contributed by atoms with van der Waals surface area (Å²) in [7, 11) is -2.93. The lowest BCUT2D eigenvalue weighted by molar-refractivity contribution is -0.122. The van der Waals surface area contributed by atoms with E-state index in [2.05, 4.69) is 10.6 Å². The Morgan fingerprint density at radius 1 is 1.53 bits per heavy atom. The Bertz CT molecular complexity index is 336. The van der Waals surface area contributed by atoms with E-state index in [1.54, 1.807) is 0 Å². The maximum absolute atomic E-state index is 11.5. The van der Waals surface area contributed by atoms with Crippen molar-refractivity contribution in [1.82, 2.24) is 10.6 Å². The normalized spacial score (nSPS) is 21.1. The predicted molar refractivity (Wildman–Crippen MR) is 64.6 cm³/mol. The van der Waals surface area contributed by atoms with Crippen molar-refractivity contribution >= 4 is 15.7 Å². The highest BCUT2D eigenvalue weighted by molar-refractivity contribution is 7.90. The summed E-state index contributed by atoms with van der Waals surface area (Å²) in [6.45, 7) is 2.41. The van der Waals surface area contributed by atoms with Gasteiger partial charge in [-0.05, 0) is 6.42 Å². The van der Waals surface area contributed by atoms with Crippen molar-refractivity contribution in [3.05, 3.63) is 0 Å². The fourth-order valence-electron chi connectivity index (χ4n) is 1.61. The molecule has 1 unspecified atom stereocenters. The molecule has 1 saturated heterocycles. The highest BCUT2D eigenvalue weighted by Gasteiger charge is 2.16. The van der Waals surface area contributed by atoms with Crippen LogP contribution in [0, 0.1) is 0 Å². The predicted octanol–water partition coefficient (Wildman–Crippen LogP) is -1.08. The highest BCUT2D eigenvalue weighted by Crippen LogP contribution is 1.98. The van der Waals surface area contributed by atoms with Crippen molar-refractivity contribution in [2.24, 2.45) is 0 Å². The molecule has 1 atom stereocenters. The van der Waals surface area contributed by atoms with E-state index < -0.39 is 9.84 Å². The minimum absolute atomic E-state index is 0.0681. The van der Waals surface area contributed by atoms with Gasteiger partial charge in [-0.3, -0.25) is 4.79 Å². The third-order valence-electron chi connectivity index (χ3n) is 2.44. The maximum Gasteiger partial charge on any atom is 0.221 e. The smallest absolute Gasteiger partial charge is 0.221 e. The number of hydrogen-bond acceptors (Lipinski definition) is 5. The number of rotatable bonds is 6. The van der Waals surface area contributed by atoms with Crippen LogP contribution < -0.4 is 10.6 Å². The number of nitrogens with one attached hydrogen (secondary N) is 2. The van der Waals surface area contributed by atoms with E-state index >= 15 is 0 Å². The van der Waals surface area contributed by atoms with Crippen molar-refractivity contribution in [3.8, 4) is 0 Å². The van der Waals surface area contributed by atoms with E-state index in [9.17, 15) is 13.2 Å². The molecule has 1 rings (SSSR count). The monoisotopic (exact) mass is 264 g/mol. The molecule has 1 aliphatic rings. The molecule has 0 saturated carbocycles. The molecule has 7 heteroatoms. The minimum atomic E-state index is -2.93. The summed E-state index contributed by atoms with van der Waals surface area (Å²) in [4.78, 5) is 11.5. The molecule has 1 fully saturated rings. The van der Waals surface area contributed by atoms with Gasteiger partial charge in [0.1, 0.15) is 9.84 Å². The Morgan fingerprint density at radius 2 is 2.29 bits per heavy atom. The first-order valence-electron chi connectivity index (χ1n) is 5.73. The Labute approximate surface area is 102 Å². The first-order chi connectivity index (χ1) is 7.97. The molecule has 0 aromatic rings. The first kappa shape index (κ1) is 14.4. The van der Waals surface area contributed by atoms with E-state index in [0.29, 0.717) is 32.6 Å². The number of amides is 1. The quantitative estimate of drug-likeness (QED) is 0.596. The van der Waals surface area contributed by atoms with Crippen LogP contribution in [-0.2, 0) is 19.4 Å². The van der Waals surface area contributed by atoms with E-state index in [0.717, 1.165) is 6.54 Å². The molecular formula is C10H20N2O4S. The van der Waals surface area contributed by atoms with Gasteiger partial charge in [-0.2, -0.15) is 0 Å². The third kappa shape index (κ3) is 7.30. The van der Waals surface area contributed by atoms with Crippen LogP contribution in [0.4, 0.5) is 0 Å². The largest absolute Gasteiger partial charge is 0.378 e. The first-order valence-corrected chi connectivity index (χ1v) is 7.79. The molecule has 0 aromatic heterocycles. The summed E-state index contributed by atoms with van der Waals surface area (Å²) in [5, 5.41) is 5.89. The zero-order chi connectivity index (χ0) is 12.7. The van der Waals surface area contributed by atoms with Gasteiger partial charge >= 0.3 is 0 Å². The number of morpholine rings is 1. The van der Waals surface area contributed by atoms with Gasteiger partial charge in [-0.25, -0.2) is 8.42 Å². The van der Waals surface area contributed by atoms with Gasteiger partial charge in [-0.15, -0.1) is 0 Å². The van der Waals surface area contributed by atoms with Gasteiger partial charge in [0.05, 0.1) is 19.0 Å². The average Bonchev–Trinajstić information content (AvgIpc) is 2.25. The van der Waals surface area contributed by atoms with E-state index in [1.807, 2.05) is 0 Å². The molecule has 0 spiro atoms. The summed E-state index contributed by atoms with van der Waals surface area (Å²) in [6.07, 6.45) is 2.02. The van der Waals surface area contributed by atoms with E-state index in [4.69, 9.17) is 4.74 Å². The molecule has 1 amide bonds. The molecule has 0 bridgehead atoms. The lowest BCUT2D eigenvalue weighted by atomic mass is 10.2. The molecule has 0 radical (unpaired) electrons. The van der Waals surface area contributed by atoms with Crippen LogP contribution in [0.2, 0.25) is 0 Å². The lowest BCUT2D eigenvalue weighted by Gasteiger charge is -2.23. The SMILES string of the molecule is CS(=O)(=O)CCCNC(=O)CC1COCCN1. The summed E-state index contributed by atoms with van der Waals surface area (Å²) >= 11 is 0. The summed E-state index contributed by atoms with van der Waals surface area (Å²) in [5.41, 5.74) is 0. The van der Waals surface area contributed by atoms with Crippen LogP contribution in [0.3, 0.4) is 0 Å². The number of sulfone groups is 1. The molecule has 100 valence electrons. The van der Waals surface area contributed by atoms with Gasteiger partial charge in [-0.1, -0.05) is 0 Å². The molecule has 0 aliphatic carbocycles. The number of carbonyl (C=O) groups is 1. The van der Waals surface area contributed by atoms with Gasteiger partial charge in [0.25, 0.3) is 0 Å². The Kier molecular flexibility index (Phi) is 5.87. The van der Waals surface area contributed by atoms with Crippen LogP contribution in [-0.4, -0.2) is 58.7 Å². The summed E-state index contributed by atoms with van der Waals surface area (Å²) in [5.74, 6) is 0.0411. The van der Waals surface area contributed by atoms with Crippen molar-refractivity contribution in [2.75, 3.05) is 38.3 Å². The van der Waals surface area contributed by atoms with Crippen LogP contribution in [0.25, 0.3) is 0 Å². The van der Waals surface area contributed by atoms with Gasteiger partial charge in [0.2, 0.25) is 5.91 Å². The van der Waals surface area contributed by atoms with Gasteiger partial charge in [0.15, 0.2) is 0 Å². The molecule has 2 N–H and O–H groups in total. The average molecular weight is 264 g/mol. The van der Waals surface area contributed by atoms with E-state index in [1.165, 1.54) is 6.26 Å². The second-order valence-corrected chi connectivity index (χ2v) is 6.52. The zero-order valence-corrected chi connectivity index (χ0v) is 10.9. The van der Waals surface area contributed by atoms with Crippen LogP contribution in [0.5, 0.6) is 0 Å². The molecule has 17 heavy (non-hydrogen) atoms. The molecule has 1 heterocycles. The summed E-state index contributed by atoms with van der Waals surface area (Å²) in [6, 6.07) is 0.0682. The number of carbonyl (C=O) groups excluding carboxylic acids is 1. The van der Waals surface area contributed by atoms with Crippen LogP contribution in [0.1, 0.15) is 12.8 Å². The van der Waals surface area contributed by atoms with Crippen molar-refractivity contribution in [2.45, 2.75) is 18.9 Å². The minimum Gasteiger partial charge on any atom is -0.378 e. The zero-order valence-electron chi connectivity index (χ0n) is 10.1. The second kappa shape index (κ2) is 6.93. The van der Waals surface area contributed by atoms with E-state index in [-0.39, 0.29) is 17.7 Å². The van der Waals surface area contributed by atoms with Crippen LogP contribution in [0.15, 0.2) is 0 Å². The van der Waals surface area contributed by atoms with Crippen LogP contribution >= 0.6 is 0 Å². The molecule has 0 aromatic carbocycles.